The zero-order valence-corrected chi connectivity index (χ0v) is 9.48. The van der Waals surface area contributed by atoms with E-state index in [1.807, 2.05) is 5.38 Å². The van der Waals surface area contributed by atoms with Gasteiger partial charge in [-0.3, -0.25) is 0 Å². The number of nitrogens with zero attached hydrogens (tertiary/aromatic N) is 2. The number of rotatable bonds is 3. The Morgan fingerprint density at radius 2 is 2.23 bits per heavy atom. The number of nitrogens with one attached hydrogen (secondary N) is 1. The van der Waals surface area contributed by atoms with Gasteiger partial charge in [0.05, 0.1) is 5.69 Å². The van der Waals surface area contributed by atoms with Gasteiger partial charge in [0.25, 0.3) is 0 Å². The molecule has 1 N–H and O–H groups in total. The van der Waals surface area contributed by atoms with Crippen LogP contribution >= 0.6 is 11.5 Å². The van der Waals surface area contributed by atoms with Crippen molar-refractivity contribution in [2.24, 2.45) is 5.41 Å². The van der Waals surface area contributed by atoms with Gasteiger partial charge in [-0.05, 0) is 23.9 Å². The summed E-state index contributed by atoms with van der Waals surface area (Å²) in [6.45, 7) is 9.69. The molecule has 0 radical (unpaired) electrons. The molecule has 74 valence electrons. The minimum Gasteiger partial charge on any atom is -0.308 e. The summed E-state index contributed by atoms with van der Waals surface area (Å²) in [6.07, 6.45) is 0. The van der Waals surface area contributed by atoms with Crippen molar-refractivity contribution in [1.82, 2.24) is 14.9 Å². The summed E-state index contributed by atoms with van der Waals surface area (Å²) in [5.74, 6) is 0. The fourth-order valence-corrected chi connectivity index (χ4v) is 1.28. The summed E-state index contributed by atoms with van der Waals surface area (Å²) >= 11 is 1.40. The fraction of sp³-hybridized carbons (Fsp3) is 0.778. The molecule has 0 spiro atoms. The lowest BCUT2D eigenvalue weighted by Gasteiger charge is -2.27. The van der Waals surface area contributed by atoms with E-state index < -0.39 is 0 Å². The predicted molar refractivity (Wildman–Crippen MR) is 55.7 cm³/mol. The minimum absolute atomic E-state index is 0.295. The van der Waals surface area contributed by atoms with E-state index in [0.29, 0.717) is 11.5 Å². The maximum absolute atomic E-state index is 3.98. The van der Waals surface area contributed by atoms with Crippen molar-refractivity contribution >= 4 is 11.5 Å². The molecule has 1 unspecified atom stereocenters. The third kappa shape index (κ3) is 3.40. The molecule has 1 heterocycles. The second-order valence-electron chi connectivity index (χ2n) is 4.36. The van der Waals surface area contributed by atoms with Crippen molar-refractivity contribution in [1.29, 1.82) is 0 Å². The van der Waals surface area contributed by atoms with Crippen LogP contribution in [0.5, 0.6) is 0 Å². The molecule has 0 amide bonds. The van der Waals surface area contributed by atoms with E-state index in [1.165, 1.54) is 11.5 Å². The molecule has 0 fully saturated rings. The third-order valence-corrected chi connectivity index (χ3v) is 2.85. The van der Waals surface area contributed by atoms with Crippen LogP contribution in [-0.4, -0.2) is 15.6 Å². The standard InChI is InChI=1S/C9H17N3S/c1-7(9(2,3)4)10-5-8-6-13-12-11-8/h6-7,10H,5H2,1-4H3. The summed E-state index contributed by atoms with van der Waals surface area (Å²) < 4.78 is 3.81. The van der Waals surface area contributed by atoms with Crippen molar-refractivity contribution in [2.75, 3.05) is 0 Å². The minimum atomic E-state index is 0.295. The SMILES string of the molecule is CC(NCc1csnn1)C(C)(C)C. The number of hydrogen-bond donors (Lipinski definition) is 1. The van der Waals surface area contributed by atoms with E-state index in [0.717, 1.165) is 12.2 Å². The molecule has 0 aliphatic carbocycles. The van der Waals surface area contributed by atoms with Gasteiger partial charge < -0.3 is 5.32 Å². The van der Waals surface area contributed by atoms with Crippen LogP contribution in [0.2, 0.25) is 0 Å². The number of aromatic nitrogens is 2. The van der Waals surface area contributed by atoms with E-state index in [9.17, 15) is 0 Å². The summed E-state index contributed by atoms with van der Waals surface area (Å²) in [6, 6.07) is 0.481. The van der Waals surface area contributed by atoms with Crippen molar-refractivity contribution < 1.29 is 0 Å². The van der Waals surface area contributed by atoms with Crippen molar-refractivity contribution in [2.45, 2.75) is 40.3 Å². The first kappa shape index (κ1) is 10.6. The molecule has 0 aromatic carbocycles. The lowest BCUT2D eigenvalue weighted by Crippen LogP contribution is -2.37. The molecule has 3 nitrogen and oxygen atoms in total. The van der Waals surface area contributed by atoms with Crippen molar-refractivity contribution in [3.8, 4) is 0 Å². The third-order valence-electron chi connectivity index (χ3n) is 2.29. The van der Waals surface area contributed by atoms with Crippen molar-refractivity contribution in [3.05, 3.63) is 11.1 Å². The Morgan fingerprint density at radius 1 is 1.54 bits per heavy atom. The highest BCUT2D eigenvalue weighted by Crippen LogP contribution is 2.18. The fourth-order valence-electron chi connectivity index (χ4n) is 0.825. The molecule has 0 aliphatic heterocycles. The predicted octanol–water partition coefficient (Wildman–Crippen LogP) is 2.06. The van der Waals surface area contributed by atoms with Crippen LogP contribution < -0.4 is 5.32 Å². The lowest BCUT2D eigenvalue weighted by atomic mass is 9.88. The Bertz CT molecular complexity index is 238. The molecule has 4 heteroatoms. The summed E-state index contributed by atoms with van der Waals surface area (Å²) in [5, 5.41) is 9.38. The van der Waals surface area contributed by atoms with Crippen LogP contribution in [0.3, 0.4) is 0 Å². The summed E-state index contributed by atoms with van der Waals surface area (Å²) in [5.41, 5.74) is 1.32. The molecular formula is C9H17N3S. The smallest absolute Gasteiger partial charge is 0.0893 e. The van der Waals surface area contributed by atoms with Gasteiger partial charge in [0, 0.05) is 18.0 Å². The highest BCUT2D eigenvalue weighted by Gasteiger charge is 2.19. The Balaban J connectivity index is 2.35. The maximum Gasteiger partial charge on any atom is 0.0893 e. The molecule has 1 atom stereocenters. The monoisotopic (exact) mass is 199 g/mol. The van der Waals surface area contributed by atoms with Gasteiger partial charge in [0.1, 0.15) is 0 Å². The van der Waals surface area contributed by atoms with Gasteiger partial charge in [-0.2, -0.15) is 0 Å². The first-order chi connectivity index (χ1) is 6.00. The topological polar surface area (TPSA) is 37.8 Å². The lowest BCUT2D eigenvalue weighted by molar-refractivity contribution is 0.284. The van der Waals surface area contributed by atoms with E-state index in [-0.39, 0.29) is 0 Å². The second-order valence-corrected chi connectivity index (χ2v) is 4.97. The van der Waals surface area contributed by atoms with Gasteiger partial charge in [-0.25, -0.2) is 0 Å². The van der Waals surface area contributed by atoms with Crippen molar-refractivity contribution in [3.63, 3.8) is 0 Å². The van der Waals surface area contributed by atoms with E-state index in [4.69, 9.17) is 0 Å². The van der Waals surface area contributed by atoms with Crippen LogP contribution in [0, 0.1) is 5.41 Å². The zero-order valence-electron chi connectivity index (χ0n) is 8.66. The molecule has 0 saturated carbocycles. The normalized spacial score (nSPS) is 14.5. The molecule has 0 aliphatic rings. The van der Waals surface area contributed by atoms with E-state index in [1.54, 1.807) is 0 Å². The average molecular weight is 199 g/mol. The molecule has 0 bridgehead atoms. The van der Waals surface area contributed by atoms with Crippen LogP contribution in [0.1, 0.15) is 33.4 Å². The molecule has 13 heavy (non-hydrogen) atoms. The van der Waals surface area contributed by atoms with E-state index >= 15 is 0 Å². The largest absolute Gasteiger partial charge is 0.308 e. The highest BCUT2D eigenvalue weighted by molar-refractivity contribution is 7.03. The zero-order chi connectivity index (χ0) is 9.90. The molecule has 1 aromatic rings. The Labute approximate surface area is 83.7 Å². The number of hydrogen-bond acceptors (Lipinski definition) is 4. The molecular weight excluding hydrogens is 182 g/mol. The molecule has 1 rings (SSSR count). The molecule has 0 saturated heterocycles. The second kappa shape index (κ2) is 4.15. The van der Waals surface area contributed by atoms with Crippen LogP contribution in [0.15, 0.2) is 5.38 Å². The molecule has 1 aromatic heterocycles. The van der Waals surface area contributed by atoms with Gasteiger partial charge in [0.15, 0.2) is 0 Å². The summed E-state index contributed by atoms with van der Waals surface area (Å²) in [4.78, 5) is 0. The van der Waals surface area contributed by atoms with Gasteiger partial charge in [0.2, 0.25) is 0 Å². The quantitative estimate of drug-likeness (QED) is 0.809. The highest BCUT2D eigenvalue weighted by atomic mass is 32.1. The Kier molecular flexibility index (Phi) is 3.39. The Morgan fingerprint density at radius 3 is 2.69 bits per heavy atom. The van der Waals surface area contributed by atoms with Gasteiger partial charge in [-0.15, -0.1) is 5.10 Å². The van der Waals surface area contributed by atoms with Gasteiger partial charge >= 0.3 is 0 Å². The maximum atomic E-state index is 3.98. The summed E-state index contributed by atoms with van der Waals surface area (Å²) in [7, 11) is 0. The van der Waals surface area contributed by atoms with Crippen LogP contribution in [0.4, 0.5) is 0 Å². The first-order valence-corrected chi connectivity index (χ1v) is 5.33. The first-order valence-electron chi connectivity index (χ1n) is 4.49. The van der Waals surface area contributed by atoms with Crippen LogP contribution in [-0.2, 0) is 6.54 Å². The van der Waals surface area contributed by atoms with Gasteiger partial charge in [-0.1, -0.05) is 25.3 Å². The average Bonchev–Trinajstić information content (AvgIpc) is 2.50. The Hall–Kier alpha value is -0.480. The van der Waals surface area contributed by atoms with Crippen LogP contribution in [0.25, 0.3) is 0 Å². The van der Waals surface area contributed by atoms with E-state index in [2.05, 4.69) is 42.6 Å².